The normalized spacial score (nSPS) is 11.0. The maximum absolute atomic E-state index is 12.0. The molecule has 0 bridgehead atoms. The smallest absolute Gasteiger partial charge is 0.390 e. The molecule has 0 aliphatic heterocycles. The number of anilines is 2. The summed E-state index contributed by atoms with van der Waals surface area (Å²) < 4.78 is 36.1. The highest BCUT2D eigenvalue weighted by Gasteiger charge is 2.27. The number of rotatable bonds is 3. The van der Waals surface area contributed by atoms with Crippen molar-refractivity contribution in [2.24, 2.45) is 0 Å². The number of hydrogen-bond donors (Lipinski definition) is 1. The van der Waals surface area contributed by atoms with Crippen molar-refractivity contribution in [2.45, 2.75) is 12.6 Å². The molecule has 0 saturated carbocycles. The van der Waals surface area contributed by atoms with Gasteiger partial charge < -0.3 is 10.6 Å². The van der Waals surface area contributed by atoms with Gasteiger partial charge in [-0.25, -0.2) is 4.98 Å². The standard InChI is InChI=1S/C10H11F3N4/c1-17(3-2-10(11,12)13)9-8(15)4-7(5-14)6-16-9/h4,6H,2-3,15H2,1H3. The Bertz CT molecular complexity index is 436. The largest absolute Gasteiger partial charge is 0.396 e. The molecule has 0 atom stereocenters. The molecule has 1 aromatic heterocycles. The van der Waals surface area contributed by atoms with Crippen LogP contribution >= 0.6 is 0 Å². The van der Waals surface area contributed by atoms with Gasteiger partial charge in [0.05, 0.1) is 17.7 Å². The summed E-state index contributed by atoms with van der Waals surface area (Å²) in [7, 11) is 1.47. The van der Waals surface area contributed by atoms with E-state index < -0.39 is 12.6 Å². The van der Waals surface area contributed by atoms with Crippen LogP contribution in [0.15, 0.2) is 12.3 Å². The lowest BCUT2D eigenvalue weighted by Crippen LogP contribution is -2.25. The summed E-state index contributed by atoms with van der Waals surface area (Å²) in [6, 6.07) is 3.23. The average Bonchev–Trinajstić information content (AvgIpc) is 2.24. The number of aromatic nitrogens is 1. The molecule has 0 radical (unpaired) electrons. The molecule has 7 heteroatoms. The Morgan fingerprint density at radius 1 is 1.53 bits per heavy atom. The number of halogens is 3. The first-order chi connectivity index (χ1) is 7.83. The summed E-state index contributed by atoms with van der Waals surface area (Å²) in [5.74, 6) is 0.244. The third-order valence-electron chi connectivity index (χ3n) is 2.12. The molecule has 0 aliphatic carbocycles. The van der Waals surface area contributed by atoms with Gasteiger partial charge in [-0.3, -0.25) is 0 Å². The summed E-state index contributed by atoms with van der Waals surface area (Å²) in [6.07, 6.45) is -3.88. The van der Waals surface area contributed by atoms with Gasteiger partial charge in [0.25, 0.3) is 0 Å². The molecule has 92 valence electrons. The number of nitrogens with zero attached hydrogens (tertiary/aromatic N) is 3. The van der Waals surface area contributed by atoms with E-state index >= 15 is 0 Å². The second-order valence-corrected chi connectivity index (χ2v) is 3.54. The van der Waals surface area contributed by atoms with E-state index in [1.165, 1.54) is 24.2 Å². The van der Waals surface area contributed by atoms with E-state index in [-0.39, 0.29) is 23.6 Å². The fourth-order valence-corrected chi connectivity index (χ4v) is 1.26. The van der Waals surface area contributed by atoms with Crippen LogP contribution in [-0.2, 0) is 0 Å². The van der Waals surface area contributed by atoms with Crippen molar-refractivity contribution in [3.05, 3.63) is 17.8 Å². The molecule has 0 fully saturated rings. The van der Waals surface area contributed by atoms with Crippen molar-refractivity contribution in [1.82, 2.24) is 4.98 Å². The van der Waals surface area contributed by atoms with Crippen molar-refractivity contribution >= 4 is 11.5 Å². The second kappa shape index (κ2) is 4.91. The van der Waals surface area contributed by atoms with Crippen LogP contribution in [0.1, 0.15) is 12.0 Å². The van der Waals surface area contributed by atoms with E-state index in [0.29, 0.717) is 0 Å². The predicted octanol–water partition coefficient (Wildman–Crippen LogP) is 1.92. The van der Waals surface area contributed by atoms with E-state index in [4.69, 9.17) is 11.0 Å². The maximum atomic E-state index is 12.0. The molecule has 17 heavy (non-hydrogen) atoms. The van der Waals surface area contributed by atoms with E-state index in [0.717, 1.165) is 0 Å². The third kappa shape index (κ3) is 3.83. The van der Waals surface area contributed by atoms with Crippen LogP contribution in [-0.4, -0.2) is 24.8 Å². The molecule has 1 rings (SSSR count). The van der Waals surface area contributed by atoms with E-state index in [1.54, 1.807) is 0 Å². The summed E-state index contributed by atoms with van der Waals surface area (Å²) in [5, 5.41) is 8.59. The lowest BCUT2D eigenvalue weighted by Gasteiger charge is -2.20. The number of nitriles is 1. The number of hydrogen-bond acceptors (Lipinski definition) is 4. The summed E-state index contributed by atoms with van der Waals surface area (Å²) in [6.45, 7) is -0.230. The molecule has 0 spiro atoms. The lowest BCUT2D eigenvalue weighted by molar-refractivity contribution is -0.132. The van der Waals surface area contributed by atoms with E-state index in [9.17, 15) is 13.2 Å². The van der Waals surface area contributed by atoms with Crippen LogP contribution in [0, 0.1) is 11.3 Å². The van der Waals surface area contributed by atoms with Crippen LogP contribution in [0.25, 0.3) is 0 Å². The molecule has 2 N–H and O–H groups in total. The number of nitrogens with two attached hydrogens (primary N) is 1. The molecule has 1 heterocycles. The van der Waals surface area contributed by atoms with Gasteiger partial charge in [-0.2, -0.15) is 18.4 Å². The topological polar surface area (TPSA) is 65.9 Å². The van der Waals surface area contributed by atoms with Crippen LogP contribution in [0.4, 0.5) is 24.7 Å². The SMILES string of the molecule is CN(CCC(F)(F)F)c1ncc(C#N)cc1N. The third-order valence-corrected chi connectivity index (χ3v) is 2.12. The van der Waals surface area contributed by atoms with Crippen LogP contribution in [0.3, 0.4) is 0 Å². The zero-order chi connectivity index (χ0) is 13.1. The lowest BCUT2D eigenvalue weighted by atomic mass is 10.2. The molecule has 4 nitrogen and oxygen atoms in total. The van der Waals surface area contributed by atoms with Gasteiger partial charge in [-0.1, -0.05) is 0 Å². The molecular formula is C10H11F3N4. The molecular weight excluding hydrogens is 233 g/mol. The molecule has 1 aromatic rings. The van der Waals surface area contributed by atoms with Crippen molar-refractivity contribution in [2.75, 3.05) is 24.2 Å². The van der Waals surface area contributed by atoms with E-state index in [2.05, 4.69) is 4.98 Å². The first kappa shape index (κ1) is 13.1. The Hall–Kier alpha value is -1.97. The fourth-order valence-electron chi connectivity index (χ4n) is 1.26. The first-order valence-electron chi connectivity index (χ1n) is 4.77. The summed E-state index contributed by atoms with van der Waals surface area (Å²) in [4.78, 5) is 5.17. The molecule has 0 aromatic carbocycles. The van der Waals surface area contributed by atoms with Crippen LogP contribution in [0.2, 0.25) is 0 Å². The van der Waals surface area contributed by atoms with Crippen molar-refractivity contribution in [1.29, 1.82) is 5.26 Å². The minimum atomic E-state index is -4.21. The monoisotopic (exact) mass is 244 g/mol. The molecule has 0 unspecified atom stereocenters. The highest BCUT2D eigenvalue weighted by atomic mass is 19.4. The van der Waals surface area contributed by atoms with Gasteiger partial charge in [0.1, 0.15) is 6.07 Å². The Morgan fingerprint density at radius 2 is 2.18 bits per heavy atom. The summed E-state index contributed by atoms with van der Waals surface area (Å²) >= 11 is 0. The maximum Gasteiger partial charge on any atom is 0.390 e. The molecule has 0 aliphatic rings. The Kier molecular flexibility index (Phi) is 3.78. The number of pyridine rings is 1. The Labute approximate surface area is 96.5 Å². The number of nitrogen functional groups attached to an aromatic ring is 1. The highest BCUT2D eigenvalue weighted by molar-refractivity contribution is 5.64. The van der Waals surface area contributed by atoms with E-state index in [1.807, 2.05) is 6.07 Å². The van der Waals surface area contributed by atoms with Gasteiger partial charge in [0, 0.05) is 19.8 Å². The predicted molar refractivity (Wildman–Crippen MR) is 57.3 cm³/mol. The van der Waals surface area contributed by atoms with Gasteiger partial charge in [-0.05, 0) is 6.07 Å². The second-order valence-electron chi connectivity index (χ2n) is 3.54. The van der Waals surface area contributed by atoms with Gasteiger partial charge in [0.2, 0.25) is 0 Å². The quantitative estimate of drug-likeness (QED) is 0.882. The van der Waals surface area contributed by atoms with Crippen molar-refractivity contribution < 1.29 is 13.2 Å². The first-order valence-corrected chi connectivity index (χ1v) is 4.77. The van der Waals surface area contributed by atoms with Crippen molar-refractivity contribution in [3.63, 3.8) is 0 Å². The molecule has 0 saturated heterocycles. The Morgan fingerprint density at radius 3 is 2.65 bits per heavy atom. The average molecular weight is 244 g/mol. The van der Waals surface area contributed by atoms with Gasteiger partial charge in [-0.15, -0.1) is 0 Å². The van der Waals surface area contributed by atoms with Crippen LogP contribution < -0.4 is 10.6 Å². The minimum absolute atomic E-state index is 0.189. The zero-order valence-corrected chi connectivity index (χ0v) is 9.12. The Balaban J connectivity index is 2.76. The van der Waals surface area contributed by atoms with Crippen LogP contribution in [0.5, 0.6) is 0 Å². The zero-order valence-electron chi connectivity index (χ0n) is 9.12. The highest BCUT2D eigenvalue weighted by Crippen LogP contribution is 2.23. The number of alkyl halides is 3. The van der Waals surface area contributed by atoms with Gasteiger partial charge >= 0.3 is 6.18 Å². The minimum Gasteiger partial charge on any atom is -0.396 e. The van der Waals surface area contributed by atoms with Gasteiger partial charge in [0.15, 0.2) is 5.82 Å². The van der Waals surface area contributed by atoms with Crippen molar-refractivity contribution in [3.8, 4) is 6.07 Å². The summed E-state index contributed by atoms with van der Waals surface area (Å²) in [5.41, 5.74) is 6.06. The fraction of sp³-hybridized carbons (Fsp3) is 0.400. The molecule has 0 amide bonds.